The summed E-state index contributed by atoms with van der Waals surface area (Å²) in [5, 5.41) is 10.2. The SMILES string of the molecule is NC(=O)CSc1nnc(-c2cccs2)n1-c1cccc(C(F)(F)F)c1. The topological polar surface area (TPSA) is 73.8 Å². The van der Waals surface area contributed by atoms with E-state index >= 15 is 0 Å². The van der Waals surface area contributed by atoms with Crippen LogP contribution in [0, 0.1) is 0 Å². The molecule has 0 aliphatic heterocycles. The van der Waals surface area contributed by atoms with Crippen LogP contribution in [0.25, 0.3) is 16.4 Å². The van der Waals surface area contributed by atoms with Crippen LogP contribution >= 0.6 is 23.1 Å². The molecule has 0 radical (unpaired) electrons. The molecule has 1 aromatic carbocycles. The van der Waals surface area contributed by atoms with Crippen molar-refractivity contribution in [3.63, 3.8) is 0 Å². The number of benzene rings is 1. The van der Waals surface area contributed by atoms with Gasteiger partial charge < -0.3 is 5.73 Å². The minimum absolute atomic E-state index is 0.0540. The van der Waals surface area contributed by atoms with Gasteiger partial charge >= 0.3 is 6.18 Å². The third kappa shape index (κ3) is 3.85. The van der Waals surface area contributed by atoms with Crippen molar-refractivity contribution in [2.75, 3.05) is 5.75 Å². The summed E-state index contributed by atoms with van der Waals surface area (Å²) in [6, 6.07) is 8.47. The predicted octanol–water partition coefficient (Wildman–Crippen LogP) is 3.59. The highest BCUT2D eigenvalue weighted by Crippen LogP contribution is 2.34. The van der Waals surface area contributed by atoms with E-state index in [1.54, 1.807) is 12.1 Å². The Hall–Kier alpha value is -2.33. The minimum atomic E-state index is -4.46. The van der Waals surface area contributed by atoms with Crippen LogP contribution in [-0.4, -0.2) is 26.4 Å². The largest absolute Gasteiger partial charge is 0.416 e. The molecule has 10 heteroatoms. The lowest BCUT2D eigenvalue weighted by molar-refractivity contribution is -0.137. The maximum Gasteiger partial charge on any atom is 0.416 e. The molecular weight excluding hydrogens is 373 g/mol. The molecular formula is C15H11F3N4OS2. The van der Waals surface area contributed by atoms with Crippen molar-refractivity contribution in [2.24, 2.45) is 5.73 Å². The van der Waals surface area contributed by atoms with E-state index < -0.39 is 17.6 Å². The van der Waals surface area contributed by atoms with Crippen LogP contribution in [0.3, 0.4) is 0 Å². The Bertz CT molecular complexity index is 891. The van der Waals surface area contributed by atoms with Gasteiger partial charge in [0.1, 0.15) is 0 Å². The van der Waals surface area contributed by atoms with E-state index in [4.69, 9.17) is 5.73 Å². The third-order valence-corrected chi connectivity index (χ3v) is 4.97. The molecule has 130 valence electrons. The van der Waals surface area contributed by atoms with Gasteiger partial charge in [-0.05, 0) is 29.6 Å². The van der Waals surface area contributed by atoms with Crippen LogP contribution in [0.1, 0.15) is 5.56 Å². The summed E-state index contributed by atoms with van der Waals surface area (Å²) in [5.41, 5.74) is 4.63. The fourth-order valence-corrected chi connectivity index (χ4v) is 3.51. The lowest BCUT2D eigenvalue weighted by Gasteiger charge is -2.12. The summed E-state index contributed by atoms with van der Waals surface area (Å²) in [7, 11) is 0. The summed E-state index contributed by atoms with van der Waals surface area (Å²) in [6.07, 6.45) is -4.46. The Morgan fingerprint density at radius 3 is 2.68 bits per heavy atom. The molecule has 0 unspecified atom stereocenters. The van der Waals surface area contributed by atoms with Crippen LogP contribution in [-0.2, 0) is 11.0 Å². The van der Waals surface area contributed by atoms with Gasteiger partial charge in [-0.1, -0.05) is 23.9 Å². The van der Waals surface area contributed by atoms with Crippen molar-refractivity contribution >= 4 is 29.0 Å². The molecule has 3 rings (SSSR count). The first kappa shape index (κ1) is 17.5. The number of hydrogen-bond donors (Lipinski definition) is 1. The monoisotopic (exact) mass is 384 g/mol. The van der Waals surface area contributed by atoms with E-state index in [1.807, 2.05) is 5.38 Å². The van der Waals surface area contributed by atoms with E-state index in [-0.39, 0.29) is 11.4 Å². The molecule has 0 bridgehead atoms. The summed E-state index contributed by atoms with van der Waals surface area (Å²) in [4.78, 5) is 11.8. The fraction of sp³-hybridized carbons (Fsp3) is 0.133. The van der Waals surface area contributed by atoms with Crippen molar-refractivity contribution < 1.29 is 18.0 Å². The number of carbonyl (C=O) groups is 1. The van der Waals surface area contributed by atoms with Crippen LogP contribution in [0.2, 0.25) is 0 Å². The molecule has 2 N–H and O–H groups in total. The molecule has 0 fully saturated rings. The van der Waals surface area contributed by atoms with Gasteiger partial charge in [0.15, 0.2) is 11.0 Å². The molecule has 2 aromatic heterocycles. The third-order valence-electron chi connectivity index (χ3n) is 3.15. The number of amides is 1. The molecule has 0 aliphatic rings. The smallest absolute Gasteiger partial charge is 0.369 e. The van der Waals surface area contributed by atoms with Gasteiger partial charge in [-0.2, -0.15) is 13.2 Å². The zero-order valence-electron chi connectivity index (χ0n) is 12.5. The van der Waals surface area contributed by atoms with E-state index in [9.17, 15) is 18.0 Å². The highest BCUT2D eigenvalue weighted by molar-refractivity contribution is 7.99. The van der Waals surface area contributed by atoms with Crippen molar-refractivity contribution in [1.82, 2.24) is 14.8 Å². The number of alkyl halides is 3. The van der Waals surface area contributed by atoms with Gasteiger partial charge in [-0.3, -0.25) is 9.36 Å². The van der Waals surface area contributed by atoms with Crippen molar-refractivity contribution in [2.45, 2.75) is 11.3 Å². The number of rotatable bonds is 5. The second-order valence-corrected chi connectivity index (χ2v) is 6.81. The molecule has 0 aliphatic carbocycles. The van der Waals surface area contributed by atoms with Gasteiger partial charge in [0.25, 0.3) is 0 Å². The van der Waals surface area contributed by atoms with Crippen LogP contribution in [0.5, 0.6) is 0 Å². The second kappa shape index (κ2) is 6.89. The van der Waals surface area contributed by atoms with Gasteiger partial charge in [0, 0.05) is 0 Å². The molecule has 1 amide bonds. The van der Waals surface area contributed by atoms with Crippen LogP contribution in [0.4, 0.5) is 13.2 Å². The fourth-order valence-electron chi connectivity index (χ4n) is 2.12. The summed E-state index contributed by atoms with van der Waals surface area (Å²) >= 11 is 2.41. The number of carbonyl (C=O) groups excluding carboxylic acids is 1. The first-order chi connectivity index (χ1) is 11.9. The van der Waals surface area contributed by atoms with Crippen molar-refractivity contribution in [3.05, 3.63) is 47.3 Å². The number of thiophene rings is 1. The van der Waals surface area contributed by atoms with Crippen LogP contribution < -0.4 is 5.73 Å². The Labute approximate surface area is 148 Å². The Kier molecular flexibility index (Phi) is 4.82. The van der Waals surface area contributed by atoms with Crippen LogP contribution in [0.15, 0.2) is 46.9 Å². The summed E-state index contributed by atoms with van der Waals surface area (Å²) < 4.78 is 40.6. The highest BCUT2D eigenvalue weighted by Gasteiger charge is 2.31. The van der Waals surface area contributed by atoms with Gasteiger partial charge in [-0.15, -0.1) is 21.5 Å². The molecule has 0 saturated carbocycles. The number of primary amides is 1. The van der Waals surface area contributed by atoms with Crippen molar-refractivity contribution in [1.29, 1.82) is 0 Å². The standard InChI is InChI=1S/C15H11F3N4OS2/c16-15(17,18)9-3-1-4-10(7-9)22-13(11-5-2-6-24-11)20-21-14(22)25-8-12(19)23/h1-7H,8H2,(H2,19,23). The normalized spacial score (nSPS) is 11.6. The Balaban J connectivity index is 2.12. The molecule has 5 nitrogen and oxygen atoms in total. The average molecular weight is 384 g/mol. The van der Waals surface area contributed by atoms with Gasteiger partial charge in [0.2, 0.25) is 5.91 Å². The number of nitrogens with zero attached hydrogens (tertiary/aromatic N) is 3. The number of hydrogen-bond acceptors (Lipinski definition) is 5. The Morgan fingerprint density at radius 2 is 2.04 bits per heavy atom. The Morgan fingerprint density at radius 1 is 1.24 bits per heavy atom. The van der Waals surface area contributed by atoms with Gasteiger partial charge in [0.05, 0.1) is 21.9 Å². The first-order valence-electron chi connectivity index (χ1n) is 6.94. The molecule has 0 atom stereocenters. The maximum atomic E-state index is 13.0. The van der Waals surface area contributed by atoms with Crippen molar-refractivity contribution in [3.8, 4) is 16.4 Å². The molecule has 0 saturated heterocycles. The number of thioether (sulfide) groups is 1. The van der Waals surface area contributed by atoms with E-state index in [2.05, 4.69) is 10.2 Å². The van der Waals surface area contributed by atoms with Gasteiger partial charge in [-0.25, -0.2) is 0 Å². The zero-order valence-corrected chi connectivity index (χ0v) is 14.2. The maximum absolute atomic E-state index is 13.0. The summed E-state index contributed by atoms with van der Waals surface area (Å²) in [5.74, 6) is -0.204. The second-order valence-electron chi connectivity index (χ2n) is 4.92. The lowest BCUT2D eigenvalue weighted by atomic mass is 10.2. The lowest BCUT2D eigenvalue weighted by Crippen LogP contribution is -2.14. The number of nitrogens with two attached hydrogens (primary N) is 1. The first-order valence-corrected chi connectivity index (χ1v) is 8.81. The number of aromatic nitrogens is 3. The molecule has 3 aromatic rings. The number of halogens is 3. The van der Waals surface area contributed by atoms with E-state index in [1.165, 1.54) is 28.0 Å². The average Bonchev–Trinajstić information content (AvgIpc) is 3.21. The zero-order chi connectivity index (χ0) is 18.0. The molecule has 0 spiro atoms. The quantitative estimate of drug-likeness (QED) is 0.682. The van der Waals surface area contributed by atoms with E-state index in [0.717, 1.165) is 28.8 Å². The minimum Gasteiger partial charge on any atom is -0.369 e. The molecule has 2 heterocycles. The predicted molar refractivity (Wildman–Crippen MR) is 89.6 cm³/mol. The molecule has 25 heavy (non-hydrogen) atoms. The summed E-state index contributed by atoms with van der Waals surface area (Å²) in [6.45, 7) is 0. The highest BCUT2D eigenvalue weighted by atomic mass is 32.2. The van der Waals surface area contributed by atoms with E-state index in [0.29, 0.717) is 11.0 Å².